The summed E-state index contributed by atoms with van der Waals surface area (Å²) in [5.41, 5.74) is 1.87. The molecule has 1 unspecified atom stereocenters. The third-order valence-electron chi connectivity index (χ3n) is 6.00. The van der Waals surface area contributed by atoms with Crippen molar-refractivity contribution in [3.05, 3.63) is 11.6 Å². The minimum atomic E-state index is -2.10. The maximum absolute atomic E-state index is 6.58. The predicted molar refractivity (Wildman–Crippen MR) is 107 cm³/mol. The monoisotopic (exact) mass is 430 g/mol. The Hall–Kier alpha value is 0.499. The summed E-state index contributed by atoms with van der Waals surface area (Å²) in [7, 11) is 0. The Kier molecular flexibility index (Phi) is 9.82. The molecule has 0 saturated carbocycles. The van der Waals surface area contributed by atoms with E-state index >= 15 is 0 Å². The van der Waals surface area contributed by atoms with Crippen LogP contribution in [0.2, 0.25) is 13.3 Å². The molecule has 0 bridgehead atoms. The Labute approximate surface area is 150 Å². The van der Waals surface area contributed by atoms with Crippen LogP contribution in [0.3, 0.4) is 0 Å². The summed E-state index contributed by atoms with van der Waals surface area (Å²) < 4.78 is 12.4. The molecule has 0 fully saturated rings. The number of hydrogen-bond acceptors (Lipinski definition) is 1. The molecule has 1 aliphatic rings. The molecular formula is C21H42OSn. The average molecular weight is 429 g/mol. The Morgan fingerprint density at radius 1 is 1.00 bits per heavy atom. The fraction of sp³-hybridized carbons (Fsp3) is 0.905. The van der Waals surface area contributed by atoms with Gasteiger partial charge in [0.05, 0.1) is 0 Å². The summed E-state index contributed by atoms with van der Waals surface area (Å²) in [6, 6.07) is 0. The number of ether oxygens (including phenoxy) is 1. The number of allylic oxidation sites excluding steroid dienone is 1. The maximum atomic E-state index is 6.58. The van der Waals surface area contributed by atoms with Gasteiger partial charge in [-0.15, -0.1) is 0 Å². The molecule has 0 radical (unpaired) electrons. The number of rotatable bonds is 12. The summed E-state index contributed by atoms with van der Waals surface area (Å²) in [4.78, 5) is 0. The summed E-state index contributed by atoms with van der Waals surface area (Å²) in [5, 5.41) is 0. The van der Waals surface area contributed by atoms with Crippen molar-refractivity contribution in [1.82, 2.24) is 0 Å². The molecule has 0 aromatic rings. The quantitative estimate of drug-likeness (QED) is 0.237. The average Bonchev–Trinajstić information content (AvgIpc) is 2.79. The van der Waals surface area contributed by atoms with Crippen molar-refractivity contribution in [2.24, 2.45) is 5.41 Å². The van der Waals surface area contributed by atoms with Gasteiger partial charge >= 0.3 is 151 Å². The van der Waals surface area contributed by atoms with E-state index in [-0.39, 0.29) is 0 Å². The molecule has 0 aliphatic heterocycles. The van der Waals surface area contributed by atoms with Gasteiger partial charge in [0.2, 0.25) is 0 Å². The Morgan fingerprint density at radius 3 is 1.83 bits per heavy atom. The molecule has 136 valence electrons. The summed E-state index contributed by atoms with van der Waals surface area (Å²) in [6.45, 7) is 14.1. The van der Waals surface area contributed by atoms with Crippen LogP contribution in [0, 0.1) is 5.41 Å². The van der Waals surface area contributed by atoms with Gasteiger partial charge in [-0.25, -0.2) is 0 Å². The molecule has 0 aromatic carbocycles. The molecule has 2 heteroatoms. The minimum absolute atomic E-state index is 0.346. The molecule has 23 heavy (non-hydrogen) atoms. The van der Waals surface area contributed by atoms with Crippen molar-refractivity contribution >= 4 is 18.4 Å². The van der Waals surface area contributed by atoms with Gasteiger partial charge in [0, 0.05) is 0 Å². The van der Waals surface area contributed by atoms with Gasteiger partial charge in [-0.1, -0.05) is 0 Å². The molecule has 1 atom stereocenters. The Morgan fingerprint density at radius 2 is 1.48 bits per heavy atom. The topological polar surface area (TPSA) is 9.23 Å². The van der Waals surface area contributed by atoms with Crippen LogP contribution in [0.25, 0.3) is 0 Å². The second-order valence-electron chi connectivity index (χ2n) is 8.60. The van der Waals surface area contributed by atoms with Gasteiger partial charge in [0.15, 0.2) is 0 Å². The molecule has 0 heterocycles. The third kappa shape index (κ3) is 7.10. The van der Waals surface area contributed by atoms with Crippen LogP contribution < -0.4 is 0 Å². The zero-order valence-electron chi connectivity index (χ0n) is 16.8. The van der Waals surface area contributed by atoms with E-state index < -0.39 is 18.4 Å². The van der Waals surface area contributed by atoms with Gasteiger partial charge in [-0.2, -0.15) is 0 Å². The molecule has 1 nitrogen and oxygen atoms in total. The van der Waals surface area contributed by atoms with Crippen molar-refractivity contribution in [3.63, 3.8) is 0 Å². The predicted octanol–water partition coefficient (Wildman–Crippen LogP) is 7.14. The molecule has 1 rings (SSSR count). The fourth-order valence-corrected chi connectivity index (χ4v) is 18.3. The first-order valence-corrected chi connectivity index (χ1v) is 18.3. The number of unbranched alkanes of at least 4 members (excludes halogenated alkanes) is 3. The van der Waals surface area contributed by atoms with Crippen molar-refractivity contribution in [3.8, 4) is 0 Å². The van der Waals surface area contributed by atoms with E-state index in [1.165, 1.54) is 55.1 Å². The molecule has 1 aliphatic carbocycles. The molecule has 0 spiro atoms. The molecule has 0 aromatic heterocycles. The van der Waals surface area contributed by atoms with Gasteiger partial charge in [0.1, 0.15) is 0 Å². The first-order valence-electron chi connectivity index (χ1n) is 10.2. The van der Waals surface area contributed by atoms with E-state index in [0.29, 0.717) is 11.5 Å². The molecule has 0 saturated heterocycles. The zero-order chi connectivity index (χ0) is 17.3. The van der Waals surface area contributed by atoms with Crippen molar-refractivity contribution in [2.75, 3.05) is 4.62 Å². The van der Waals surface area contributed by atoms with E-state index in [1.807, 2.05) is 0 Å². The van der Waals surface area contributed by atoms with Crippen molar-refractivity contribution in [1.29, 1.82) is 0 Å². The van der Waals surface area contributed by atoms with Crippen LogP contribution in [-0.4, -0.2) is 29.1 Å². The third-order valence-corrected chi connectivity index (χ3v) is 20.3. The van der Waals surface area contributed by atoms with Gasteiger partial charge < -0.3 is 0 Å². The Bertz CT molecular complexity index is 337. The first kappa shape index (κ1) is 21.5. The second kappa shape index (κ2) is 10.5. The van der Waals surface area contributed by atoms with Gasteiger partial charge in [-0.3, -0.25) is 0 Å². The van der Waals surface area contributed by atoms with E-state index in [2.05, 4.69) is 47.6 Å². The molecule has 0 amide bonds. The van der Waals surface area contributed by atoms with Crippen LogP contribution in [0.15, 0.2) is 11.6 Å². The van der Waals surface area contributed by atoms with E-state index in [1.54, 1.807) is 13.3 Å². The summed E-state index contributed by atoms with van der Waals surface area (Å²) in [6.07, 6.45) is 12.4. The van der Waals surface area contributed by atoms with Gasteiger partial charge in [-0.05, 0) is 0 Å². The molecule has 0 N–H and O–H groups in total. The first-order chi connectivity index (χ1) is 10.9. The van der Waals surface area contributed by atoms with Gasteiger partial charge in [0.25, 0.3) is 0 Å². The van der Waals surface area contributed by atoms with Crippen molar-refractivity contribution < 1.29 is 4.74 Å². The zero-order valence-corrected chi connectivity index (χ0v) is 19.7. The summed E-state index contributed by atoms with van der Waals surface area (Å²) >= 11 is -2.10. The number of hydrogen-bond donors (Lipinski definition) is 0. The van der Waals surface area contributed by atoms with E-state index in [9.17, 15) is 0 Å². The van der Waals surface area contributed by atoms with Crippen LogP contribution >= 0.6 is 0 Å². The Balaban J connectivity index is 2.69. The SMILES string of the molecule is CCC[CH2][Sn]([CH2]CCC)([CH2]CCC)[CH2]OC1C=C(C)C(C)(C)C1. The van der Waals surface area contributed by atoms with Crippen LogP contribution in [0.5, 0.6) is 0 Å². The second-order valence-corrected chi connectivity index (χ2v) is 22.3. The van der Waals surface area contributed by atoms with E-state index in [0.717, 1.165) is 0 Å². The van der Waals surface area contributed by atoms with Crippen molar-refractivity contribution in [2.45, 2.75) is 106 Å². The summed E-state index contributed by atoms with van der Waals surface area (Å²) in [5.74, 6) is 0. The normalized spacial score (nSPS) is 20.8. The van der Waals surface area contributed by atoms with Crippen LogP contribution in [0.4, 0.5) is 0 Å². The fourth-order valence-electron chi connectivity index (χ4n) is 3.86. The standard InChI is InChI=1S/C9H15O.3C4H9.Sn/c1-7-5-8(10-4)6-9(7,2)3;3*1-3-4-2;/h5,8H,4,6H2,1-3H3;3*1,3-4H2,2H3;. The van der Waals surface area contributed by atoms with Crippen LogP contribution in [-0.2, 0) is 4.74 Å². The van der Waals surface area contributed by atoms with E-state index in [4.69, 9.17) is 4.74 Å². The molecular weight excluding hydrogens is 387 g/mol. The van der Waals surface area contributed by atoms with Crippen LogP contribution in [0.1, 0.15) is 86.5 Å².